The molecule has 5 rings (SSSR count). The Balaban J connectivity index is 1.37. The summed E-state index contributed by atoms with van der Waals surface area (Å²) in [6.45, 7) is -3.41. The lowest BCUT2D eigenvalue weighted by atomic mass is 9.95. The van der Waals surface area contributed by atoms with Crippen LogP contribution < -0.4 is 9.47 Å². The quantitative estimate of drug-likeness (QED) is 0.0885. The predicted molar refractivity (Wildman–Crippen MR) is 165 cm³/mol. The van der Waals surface area contributed by atoms with Crippen LogP contribution in [-0.4, -0.2) is 223 Å². The Bertz CT molecular complexity index is 1260. The van der Waals surface area contributed by atoms with Gasteiger partial charge in [-0.25, -0.2) is 0 Å². The summed E-state index contributed by atoms with van der Waals surface area (Å²) >= 11 is 0. The van der Waals surface area contributed by atoms with Gasteiger partial charge >= 0.3 is 0 Å². The van der Waals surface area contributed by atoms with Crippen LogP contribution in [0.3, 0.4) is 0 Å². The molecule has 4 aliphatic heterocycles. The van der Waals surface area contributed by atoms with E-state index >= 15 is 0 Å². The van der Waals surface area contributed by atoms with E-state index in [1.54, 1.807) is 12.1 Å². The first kappa shape index (κ1) is 42.2. The van der Waals surface area contributed by atoms with Gasteiger partial charge in [0, 0.05) is 0 Å². The Morgan fingerprint density at radius 1 is 0.415 bits per heavy atom. The van der Waals surface area contributed by atoms with Gasteiger partial charge in [-0.1, -0.05) is 0 Å². The number of hydrogen-bond donors (Lipinski definition) is 13. The number of hydrogen-bond acceptors (Lipinski definition) is 22. The van der Waals surface area contributed by atoms with Crippen molar-refractivity contribution in [3.8, 4) is 11.5 Å². The molecule has 304 valence electrons. The molecular weight excluding hydrogens is 724 g/mol. The van der Waals surface area contributed by atoms with Crippen molar-refractivity contribution in [2.75, 3.05) is 33.5 Å². The van der Waals surface area contributed by atoms with Crippen molar-refractivity contribution in [3.63, 3.8) is 0 Å². The number of aliphatic hydroxyl groups is 13. The van der Waals surface area contributed by atoms with E-state index in [0.29, 0.717) is 5.75 Å². The lowest BCUT2D eigenvalue weighted by Crippen LogP contribution is -2.68. The highest BCUT2D eigenvalue weighted by atomic mass is 16.8. The van der Waals surface area contributed by atoms with Crippen molar-refractivity contribution in [1.82, 2.24) is 0 Å². The van der Waals surface area contributed by atoms with Gasteiger partial charge in [0.15, 0.2) is 18.9 Å². The zero-order valence-corrected chi connectivity index (χ0v) is 28.2. The van der Waals surface area contributed by atoms with Gasteiger partial charge in [-0.2, -0.15) is 0 Å². The highest BCUT2D eigenvalue weighted by Gasteiger charge is 2.56. The molecule has 22 heteroatoms. The number of methoxy groups -OCH3 is 1. The van der Waals surface area contributed by atoms with Gasteiger partial charge in [0.05, 0.1) is 33.5 Å². The zero-order valence-electron chi connectivity index (χ0n) is 28.2. The van der Waals surface area contributed by atoms with Crippen molar-refractivity contribution in [1.29, 1.82) is 0 Å². The summed E-state index contributed by atoms with van der Waals surface area (Å²) in [4.78, 5) is 0. The molecule has 4 aliphatic rings. The molecule has 0 amide bonds. The average Bonchev–Trinajstić information content (AvgIpc) is 3.16. The zero-order chi connectivity index (χ0) is 38.7. The predicted octanol–water partition coefficient (Wildman–Crippen LogP) is -7.65. The molecule has 13 N–H and O–H groups in total. The van der Waals surface area contributed by atoms with Crippen LogP contribution in [-0.2, 0) is 33.2 Å². The van der Waals surface area contributed by atoms with Gasteiger partial charge in [0.2, 0.25) is 6.29 Å². The fourth-order valence-electron chi connectivity index (χ4n) is 6.38. The number of rotatable bonds is 13. The third-order valence-electron chi connectivity index (χ3n) is 9.50. The molecule has 1 aromatic carbocycles. The summed E-state index contributed by atoms with van der Waals surface area (Å²) in [5.41, 5.74) is 0. The molecule has 0 saturated carbocycles. The van der Waals surface area contributed by atoms with Gasteiger partial charge in [0.1, 0.15) is 109 Å². The first-order valence-electron chi connectivity index (χ1n) is 16.7. The monoisotopic (exact) mass is 772 g/mol. The minimum absolute atomic E-state index is 0.189. The summed E-state index contributed by atoms with van der Waals surface area (Å²) in [5, 5.41) is 136. The third-order valence-corrected chi connectivity index (χ3v) is 9.50. The Morgan fingerprint density at radius 3 is 1.30 bits per heavy atom. The molecule has 0 radical (unpaired) electrons. The van der Waals surface area contributed by atoms with Crippen LogP contribution in [0.1, 0.15) is 0 Å². The van der Waals surface area contributed by atoms with Crippen LogP contribution in [0, 0.1) is 0 Å². The maximum absolute atomic E-state index is 11.4. The molecule has 4 saturated heterocycles. The Kier molecular flexibility index (Phi) is 14.6. The van der Waals surface area contributed by atoms with Gasteiger partial charge in [0.25, 0.3) is 0 Å². The van der Waals surface area contributed by atoms with E-state index in [-0.39, 0.29) is 5.75 Å². The van der Waals surface area contributed by atoms with Crippen LogP contribution in [0.25, 0.3) is 0 Å². The molecule has 53 heavy (non-hydrogen) atoms. The van der Waals surface area contributed by atoms with Crippen molar-refractivity contribution < 1.29 is 109 Å². The van der Waals surface area contributed by atoms with E-state index in [1.165, 1.54) is 19.2 Å². The number of benzene rings is 1. The van der Waals surface area contributed by atoms with Crippen LogP contribution in [0.2, 0.25) is 0 Å². The first-order chi connectivity index (χ1) is 25.3. The lowest BCUT2D eigenvalue weighted by molar-refractivity contribution is -0.395. The topological polar surface area (TPSA) is 346 Å². The maximum Gasteiger partial charge on any atom is 0.229 e. The van der Waals surface area contributed by atoms with Crippen LogP contribution in [0.4, 0.5) is 0 Å². The van der Waals surface area contributed by atoms with Crippen molar-refractivity contribution in [3.05, 3.63) is 24.3 Å². The highest BCUT2D eigenvalue weighted by Crippen LogP contribution is 2.35. The fraction of sp³-hybridized carbons (Fsp3) is 0.806. The van der Waals surface area contributed by atoms with E-state index in [9.17, 15) is 66.4 Å². The van der Waals surface area contributed by atoms with Gasteiger partial charge in [-0.3, -0.25) is 0 Å². The van der Waals surface area contributed by atoms with Gasteiger partial charge in [-0.05, 0) is 24.3 Å². The summed E-state index contributed by atoms with van der Waals surface area (Å²) in [7, 11) is 1.45. The Hall–Kier alpha value is -1.98. The molecule has 20 atom stereocenters. The lowest BCUT2D eigenvalue weighted by Gasteiger charge is -2.49. The largest absolute Gasteiger partial charge is 0.497 e. The smallest absolute Gasteiger partial charge is 0.229 e. The Labute approximate surface area is 301 Å². The molecule has 0 spiro atoms. The summed E-state index contributed by atoms with van der Waals surface area (Å²) in [6, 6.07) is 6.10. The number of ether oxygens (including phenoxy) is 9. The number of aliphatic hydroxyl groups excluding tert-OH is 13. The first-order valence-corrected chi connectivity index (χ1v) is 16.7. The summed E-state index contributed by atoms with van der Waals surface area (Å²) in [5.74, 6) is 0.685. The fourth-order valence-corrected chi connectivity index (χ4v) is 6.38. The van der Waals surface area contributed by atoms with Crippen molar-refractivity contribution in [2.45, 2.75) is 123 Å². The molecular formula is C31H48O22. The minimum atomic E-state index is -2.07. The van der Waals surface area contributed by atoms with E-state index in [1.807, 2.05) is 0 Å². The van der Waals surface area contributed by atoms with E-state index in [0.717, 1.165) is 0 Å². The van der Waals surface area contributed by atoms with Gasteiger partial charge < -0.3 is 109 Å². The summed E-state index contributed by atoms with van der Waals surface area (Å²) < 4.78 is 50.1. The second kappa shape index (κ2) is 18.3. The Morgan fingerprint density at radius 2 is 0.792 bits per heavy atom. The molecule has 4 fully saturated rings. The SMILES string of the molecule is COc1ccc(O[C@H]2O[C@H](CO)[C@@H](O)[C@H](O[C@H]3O[C@H](CO)[C@@H](O)[C@H](O[C@H]4O[C@H](CO)[C@@H](O)[C@H](O)[C@H]4O[C@H]4O[C@H](CO)[C@@H](O)[C@H](O)[C@H]4O)[C@H]3O)[C@@H]2O)cc1. The second-order valence-corrected chi connectivity index (χ2v) is 12.9. The summed E-state index contributed by atoms with van der Waals surface area (Å²) in [6.07, 6.45) is -35.9. The minimum Gasteiger partial charge on any atom is -0.497 e. The molecule has 22 nitrogen and oxygen atoms in total. The molecule has 0 bridgehead atoms. The molecule has 4 heterocycles. The maximum atomic E-state index is 11.4. The third kappa shape index (κ3) is 8.87. The molecule has 0 aromatic heterocycles. The van der Waals surface area contributed by atoms with Crippen LogP contribution >= 0.6 is 0 Å². The second-order valence-electron chi connectivity index (χ2n) is 12.9. The van der Waals surface area contributed by atoms with E-state index < -0.39 is 149 Å². The highest BCUT2D eigenvalue weighted by molar-refractivity contribution is 5.31. The molecule has 0 aliphatic carbocycles. The van der Waals surface area contributed by atoms with Crippen LogP contribution in [0.5, 0.6) is 11.5 Å². The van der Waals surface area contributed by atoms with E-state index in [4.69, 9.17) is 42.6 Å². The molecule has 1 aromatic rings. The van der Waals surface area contributed by atoms with Crippen molar-refractivity contribution >= 4 is 0 Å². The normalized spacial score (nSPS) is 46.5. The van der Waals surface area contributed by atoms with E-state index in [2.05, 4.69) is 0 Å². The van der Waals surface area contributed by atoms with Crippen LogP contribution in [0.15, 0.2) is 24.3 Å². The standard InChI is InChI=1S/C31H48O22/c1-45-10-2-4-11(5-3-10)46-29-23(43)25(18(38)14(8-34)48-29)51-30-24(44)26(19(39)15(9-35)49-30)52-31-27(21(41)17(37)13(7-33)50-31)53-28-22(42)20(40)16(36)12(6-32)47-28/h2-5,12-44H,6-9H2,1H3/t12-,13-,14-,15-,16-,17-,18-,19-,20+,21+,22-,23+,24-,25+,26+,27-,28-,29+,30-,31-/m1/s1. The van der Waals surface area contributed by atoms with Gasteiger partial charge in [-0.15, -0.1) is 0 Å². The van der Waals surface area contributed by atoms with Crippen molar-refractivity contribution in [2.24, 2.45) is 0 Å². The molecule has 0 unspecified atom stereocenters. The average molecular weight is 773 g/mol.